The number of carbonyl (C=O) groups is 1. The zero-order chi connectivity index (χ0) is 25.8. The summed E-state index contributed by atoms with van der Waals surface area (Å²) in [6.45, 7) is 7.08. The van der Waals surface area contributed by atoms with E-state index in [1.807, 2.05) is 11.0 Å². The quantitative estimate of drug-likeness (QED) is 0.535. The van der Waals surface area contributed by atoms with Gasteiger partial charge in [-0.2, -0.15) is 0 Å². The lowest BCUT2D eigenvalue weighted by atomic mass is 9.45. The van der Waals surface area contributed by atoms with Crippen molar-refractivity contribution in [3.8, 4) is 0 Å². The highest BCUT2D eigenvalue weighted by Gasteiger charge is 2.57. The van der Waals surface area contributed by atoms with Gasteiger partial charge < -0.3 is 25.1 Å². The Labute approximate surface area is 220 Å². The van der Waals surface area contributed by atoms with E-state index in [0.717, 1.165) is 31.4 Å². The van der Waals surface area contributed by atoms with Gasteiger partial charge in [0.2, 0.25) is 0 Å². The third-order valence-corrected chi connectivity index (χ3v) is 11.3. The molecule has 3 N–H and O–H groups in total. The predicted octanol–water partition coefficient (Wildman–Crippen LogP) is 4.03. The normalized spacial score (nSPS) is 41.3. The maximum atomic E-state index is 13.0. The van der Waals surface area contributed by atoms with Crippen molar-refractivity contribution in [1.29, 1.82) is 0 Å². The second kappa shape index (κ2) is 9.57. The van der Waals surface area contributed by atoms with E-state index in [0.29, 0.717) is 42.2 Å². The molecule has 3 saturated carbocycles. The number of hydrogen-bond donors (Lipinski definition) is 3. The smallest absolute Gasteiger partial charge is 0.335 e. The minimum absolute atomic E-state index is 0.0219. The number of amides is 2. The van der Waals surface area contributed by atoms with Crippen molar-refractivity contribution in [1.82, 2.24) is 15.5 Å². The fraction of sp³-hybridized carbons (Fsp3) is 0.733. The van der Waals surface area contributed by atoms with E-state index >= 15 is 0 Å². The van der Waals surface area contributed by atoms with E-state index in [1.54, 1.807) is 17.9 Å². The van der Waals surface area contributed by atoms with Crippen molar-refractivity contribution in [3.05, 3.63) is 46.0 Å². The Morgan fingerprint density at radius 2 is 2.08 bits per heavy atom. The molecule has 0 spiro atoms. The first kappa shape index (κ1) is 25.2. The van der Waals surface area contributed by atoms with Gasteiger partial charge in [0.25, 0.3) is 0 Å². The number of nitrogens with zero attached hydrogens (tertiary/aromatic N) is 1. The van der Waals surface area contributed by atoms with Crippen LogP contribution in [0.1, 0.15) is 76.7 Å². The molecule has 202 valence electrons. The highest BCUT2D eigenvalue weighted by atomic mass is 16.4. The summed E-state index contributed by atoms with van der Waals surface area (Å²) < 4.78 is 5.25. The summed E-state index contributed by atoms with van der Waals surface area (Å²) in [4.78, 5) is 26.4. The first-order chi connectivity index (χ1) is 17.8. The zero-order valence-corrected chi connectivity index (χ0v) is 22.4. The van der Waals surface area contributed by atoms with Crippen LogP contribution in [-0.2, 0) is 0 Å². The van der Waals surface area contributed by atoms with Gasteiger partial charge in [-0.1, -0.05) is 25.5 Å². The van der Waals surface area contributed by atoms with Crippen LogP contribution < -0.4 is 16.3 Å². The van der Waals surface area contributed by atoms with E-state index < -0.39 is 0 Å². The lowest BCUT2D eigenvalue weighted by molar-refractivity contribution is -0.0588. The standard InChI is InChI=1S/C30H43N3O4/c1-29-11-9-21(32-28(36)33-14-13-31-22(16-33)17-34)15-20(29)4-5-23-25-7-6-24(19-3-8-27(35)37-18-19)30(25,2)12-10-26(23)29/h3,7-8,18,20-24,26,31,34H,4-6,9-17H2,1-2H3,(H,32,36)/t20-,21+,22-,23+,24-,26+,29+,30-/m1/s1. The Balaban J connectivity index is 1.12. The molecule has 7 nitrogen and oxygen atoms in total. The van der Waals surface area contributed by atoms with Crippen molar-refractivity contribution in [2.45, 2.75) is 83.2 Å². The molecule has 1 saturated heterocycles. The second-order valence-corrected chi connectivity index (χ2v) is 13.0. The number of carbonyl (C=O) groups excluding carboxylic acids is 1. The third-order valence-electron chi connectivity index (χ3n) is 11.3. The van der Waals surface area contributed by atoms with E-state index in [2.05, 4.69) is 30.6 Å². The second-order valence-electron chi connectivity index (χ2n) is 13.0. The molecule has 4 fully saturated rings. The molecule has 4 aliphatic carbocycles. The van der Waals surface area contributed by atoms with Crippen LogP contribution in [0.25, 0.3) is 0 Å². The summed E-state index contributed by atoms with van der Waals surface area (Å²) in [7, 11) is 0. The molecule has 5 aliphatic rings. The minimum Gasteiger partial charge on any atom is -0.431 e. The van der Waals surface area contributed by atoms with Crippen molar-refractivity contribution in [2.24, 2.45) is 28.6 Å². The van der Waals surface area contributed by atoms with Crippen LogP contribution in [-0.4, -0.2) is 54.4 Å². The van der Waals surface area contributed by atoms with E-state index in [-0.39, 0.29) is 35.8 Å². The number of allylic oxidation sites excluding steroid dienone is 2. The molecule has 0 aromatic carbocycles. The highest BCUT2D eigenvalue weighted by Crippen LogP contribution is 2.67. The number of hydrogen-bond acceptors (Lipinski definition) is 5. The number of urea groups is 1. The predicted molar refractivity (Wildman–Crippen MR) is 142 cm³/mol. The Kier molecular flexibility index (Phi) is 6.51. The van der Waals surface area contributed by atoms with Gasteiger partial charge in [-0.05, 0) is 97.5 Å². The zero-order valence-electron chi connectivity index (χ0n) is 22.4. The summed E-state index contributed by atoms with van der Waals surface area (Å²) in [6, 6.07) is 3.81. The molecule has 0 bridgehead atoms. The molecule has 0 unspecified atom stereocenters. The molecule has 1 aromatic heterocycles. The van der Waals surface area contributed by atoms with Gasteiger partial charge in [-0.15, -0.1) is 0 Å². The fourth-order valence-corrected chi connectivity index (χ4v) is 9.19. The van der Waals surface area contributed by atoms with Crippen LogP contribution in [0.2, 0.25) is 0 Å². The lowest BCUT2D eigenvalue weighted by Crippen LogP contribution is -2.58. The van der Waals surface area contributed by atoms with Crippen LogP contribution >= 0.6 is 0 Å². The maximum absolute atomic E-state index is 13.0. The molecule has 6 rings (SSSR count). The maximum Gasteiger partial charge on any atom is 0.335 e. The fourth-order valence-electron chi connectivity index (χ4n) is 9.19. The lowest BCUT2D eigenvalue weighted by Gasteiger charge is -2.60. The summed E-state index contributed by atoms with van der Waals surface area (Å²) in [5.74, 6) is 2.43. The Hall–Kier alpha value is -2.12. The number of rotatable bonds is 3. The van der Waals surface area contributed by atoms with Crippen LogP contribution in [0.4, 0.5) is 4.79 Å². The van der Waals surface area contributed by atoms with Crippen molar-refractivity contribution >= 4 is 6.03 Å². The number of aliphatic hydroxyl groups is 1. The van der Waals surface area contributed by atoms with Crippen LogP contribution in [0.3, 0.4) is 0 Å². The van der Waals surface area contributed by atoms with Gasteiger partial charge in [-0.3, -0.25) is 0 Å². The largest absolute Gasteiger partial charge is 0.431 e. The molecule has 8 atom stereocenters. The molecule has 37 heavy (non-hydrogen) atoms. The molecular weight excluding hydrogens is 466 g/mol. The van der Waals surface area contributed by atoms with Crippen LogP contribution in [0.15, 0.2) is 39.3 Å². The van der Waals surface area contributed by atoms with Crippen molar-refractivity contribution in [2.75, 3.05) is 26.2 Å². The molecule has 1 aliphatic heterocycles. The first-order valence-corrected chi connectivity index (χ1v) is 14.5. The Bertz CT molecular complexity index is 1100. The Morgan fingerprint density at radius 3 is 2.86 bits per heavy atom. The van der Waals surface area contributed by atoms with Gasteiger partial charge in [-0.25, -0.2) is 9.59 Å². The molecular formula is C30H43N3O4. The molecule has 0 radical (unpaired) electrons. The highest BCUT2D eigenvalue weighted by molar-refractivity contribution is 5.74. The summed E-state index contributed by atoms with van der Waals surface area (Å²) in [5, 5.41) is 16.1. The van der Waals surface area contributed by atoms with Crippen LogP contribution in [0, 0.1) is 28.6 Å². The van der Waals surface area contributed by atoms with E-state index in [1.165, 1.54) is 32.1 Å². The first-order valence-electron chi connectivity index (χ1n) is 14.5. The average Bonchev–Trinajstić information content (AvgIpc) is 3.26. The number of piperazine rings is 1. The minimum atomic E-state index is -0.274. The van der Waals surface area contributed by atoms with Gasteiger partial charge in [0.1, 0.15) is 0 Å². The molecule has 1 aromatic rings. The van der Waals surface area contributed by atoms with Gasteiger partial charge >= 0.3 is 11.7 Å². The molecule has 2 amide bonds. The van der Waals surface area contributed by atoms with Crippen molar-refractivity contribution < 1.29 is 14.3 Å². The Morgan fingerprint density at radius 1 is 1.22 bits per heavy atom. The van der Waals surface area contributed by atoms with E-state index in [9.17, 15) is 14.7 Å². The number of aliphatic hydroxyl groups excluding tert-OH is 1. The summed E-state index contributed by atoms with van der Waals surface area (Å²) >= 11 is 0. The summed E-state index contributed by atoms with van der Waals surface area (Å²) in [6.07, 6.45) is 13.5. The molecule has 2 heterocycles. The van der Waals surface area contributed by atoms with Gasteiger partial charge in [0, 0.05) is 37.8 Å². The van der Waals surface area contributed by atoms with Gasteiger partial charge in [0.05, 0.1) is 12.9 Å². The topological polar surface area (TPSA) is 94.8 Å². The summed E-state index contributed by atoms with van der Waals surface area (Å²) in [5.41, 5.74) is 3.06. The number of nitrogens with one attached hydrogen (secondary N) is 2. The average molecular weight is 510 g/mol. The van der Waals surface area contributed by atoms with Gasteiger partial charge in [0.15, 0.2) is 0 Å². The van der Waals surface area contributed by atoms with Crippen LogP contribution in [0.5, 0.6) is 0 Å². The molecule has 7 heteroatoms. The SMILES string of the molecule is C[C@]12CC[C@H](NC(=O)N3CCN[C@@H](CO)C3)C[C@H]1CC[C@H]1C3=CC[C@H](c4ccc(=O)oc4)[C@@]3(C)CC[C@@H]12. The van der Waals surface area contributed by atoms with E-state index in [4.69, 9.17) is 4.42 Å². The number of fused-ring (bicyclic) bond motifs is 5. The third kappa shape index (κ3) is 4.26. The van der Waals surface area contributed by atoms with Crippen molar-refractivity contribution in [3.63, 3.8) is 0 Å². The monoisotopic (exact) mass is 509 g/mol.